The Bertz CT molecular complexity index is 933. The number of ether oxygens (including phenoxy) is 2. The zero-order chi connectivity index (χ0) is 21.9. The highest BCUT2D eigenvalue weighted by molar-refractivity contribution is 7.13. The van der Waals surface area contributed by atoms with E-state index in [2.05, 4.69) is 10.6 Å². The minimum atomic E-state index is -0.587. The van der Waals surface area contributed by atoms with Crippen molar-refractivity contribution in [1.82, 2.24) is 5.32 Å². The van der Waals surface area contributed by atoms with Gasteiger partial charge in [-0.1, -0.05) is 0 Å². The third-order valence-electron chi connectivity index (χ3n) is 4.15. The molecule has 1 fully saturated rings. The molecule has 1 aliphatic heterocycles. The molecule has 2 N–H and O–H groups in total. The molecule has 0 bridgehead atoms. The van der Waals surface area contributed by atoms with Crippen LogP contribution in [0.25, 0.3) is 0 Å². The predicted molar refractivity (Wildman–Crippen MR) is 115 cm³/mol. The summed E-state index contributed by atoms with van der Waals surface area (Å²) in [5.41, 5.74) is 0.601. The number of thiophene rings is 1. The maximum Gasteiger partial charge on any atom is 0.414 e. The molecule has 1 aromatic heterocycles. The fraction of sp³-hybridized carbons (Fsp3) is 0.381. The number of benzene rings is 1. The van der Waals surface area contributed by atoms with Crippen LogP contribution in [-0.2, 0) is 9.47 Å². The average molecular weight is 432 g/mol. The average Bonchev–Trinajstić information content (AvgIpc) is 3.24. The molecule has 0 unspecified atom stereocenters. The Kier molecular flexibility index (Phi) is 6.31. The molecule has 1 aliphatic rings. The number of hydrogen-bond acceptors (Lipinski definition) is 6. The standard InChI is InChI=1S/C21H25N3O5S/c1-13-5-10-17(30-13)18(25)22-11-16-12-24(20(27)28-16)15-8-6-14(7-9-15)23-19(26)29-21(2,3)4/h5-10,16H,11-12H2,1-4H3,(H,22,25)(H,23,26)/t16-/m0/s1. The van der Waals surface area contributed by atoms with Gasteiger partial charge in [-0.25, -0.2) is 9.59 Å². The van der Waals surface area contributed by atoms with E-state index in [1.165, 1.54) is 16.2 Å². The van der Waals surface area contributed by atoms with E-state index in [9.17, 15) is 14.4 Å². The summed E-state index contributed by atoms with van der Waals surface area (Å²) in [6.07, 6.45) is -1.47. The molecular formula is C21H25N3O5S. The number of amides is 3. The van der Waals surface area contributed by atoms with Gasteiger partial charge in [0, 0.05) is 16.3 Å². The van der Waals surface area contributed by atoms with Crippen molar-refractivity contribution in [2.45, 2.75) is 39.4 Å². The Morgan fingerprint density at radius 2 is 1.90 bits per heavy atom. The molecule has 2 aromatic rings. The Balaban J connectivity index is 1.53. The van der Waals surface area contributed by atoms with Crippen LogP contribution in [0.15, 0.2) is 36.4 Å². The van der Waals surface area contributed by atoms with Crippen molar-refractivity contribution >= 4 is 40.8 Å². The van der Waals surface area contributed by atoms with Crippen molar-refractivity contribution in [3.63, 3.8) is 0 Å². The summed E-state index contributed by atoms with van der Waals surface area (Å²) in [5.74, 6) is -0.180. The maximum absolute atomic E-state index is 12.2. The van der Waals surface area contributed by atoms with Gasteiger partial charge in [0.2, 0.25) is 0 Å². The minimum absolute atomic E-state index is 0.180. The predicted octanol–water partition coefficient (Wildman–Crippen LogP) is 4.16. The lowest BCUT2D eigenvalue weighted by Crippen LogP contribution is -2.34. The SMILES string of the molecule is Cc1ccc(C(=O)NC[C@H]2CN(c3ccc(NC(=O)OC(C)(C)C)cc3)C(=O)O2)s1. The highest BCUT2D eigenvalue weighted by atomic mass is 32.1. The van der Waals surface area contributed by atoms with Crippen LogP contribution < -0.4 is 15.5 Å². The van der Waals surface area contributed by atoms with Gasteiger partial charge in [-0.3, -0.25) is 15.0 Å². The number of carbonyl (C=O) groups is 3. The Hall–Kier alpha value is -3.07. The molecule has 3 rings (SSSR count). The first-order valence-corrected chi connectivity index (χ1v) is 10.4. The van der Waals surface area contributed by atoms with Crippen molar-refractivity contribution in [3.05, 3.63) is 46.2 Å². The van der Waals surface area contributed by atoms with Crippen LogP contribution in [0.1, 0.15) is 35.3 Å². The number of hydrogen-bond donors (Lipinski definition) is 2. The number of aryl methyl sites for hydroxylation is 1. The van der Waals surface area contributed by atoms with Crippen LogP contribution in [0.5, 0.6) is 0 Å². The number of nitrogens with zero attached hydrogens (tertiary/aromatic N) is 1. The van der Waals surface area contributed by atoms with Crippen LogP contribution in [0.4, 0.5) is 21.0 Å². The molecule has 160 valence electrons. The highest BCUT2D eigenvalue weighted by Crippen LogP contribution is 2.24. The van der Waals surface area contributed by atoms with Crippen LogP contribution in [-0.4, -0.2) is 42.9 Å². The number of cyclic esters (lactones) is 1. The molecule has 9 heteroatoms. The van der Waals surface area contributed by atoms with E-state index in [0.717, 1.165) is 4.88 Å². The van der Waals surface area contributed by atoms with E-state index >= 15 is 0 Å². The van der Waals surface area contributed by atoms with Gasteiger partial charge in [-0.2, -0.15) is 0 Å². The van der Waals surface area contributed by atoms with Crippen molar-refractivity contribution in [3.8, 4) is 0 Å². The molecule has 30 heavy (non-hydrogen) atoms. The summed E-state index contributed by atoms with van der Waals surface area (Å²) >= 11 is 1.42. The van der Waals surface area contributed by atoms with Gasteiger partial charge in [0.15, 0.2) is 0 Å². The second-order valence-electron chi connectivity index (χ2n) is 7.91. The van der Waals surface area contributed by atoms with E-state index in [-0.39, 0.29) is 12.5 Å². The minimum Gasteiger partial charge on any atom is -0.444 e. The van der Waals surface area contributed by atoms with Crippen LogP contribution in [0.3, 0.4) is 0 Å². The summed E-state index contributed by atoms with van der Waals surface area (Å²) in [4.78, 5) is 39.4. The quantitative estimate of drug-likeness (QED) is 0.741. The molecule has 0 saturated carbocycles. The number of anilines is 2. The molecule has 8 nitrogen and oxygen atoms in total. The Morgan fingerprint density at radius 1 is 1.20 bits per heavy atom. The van der Waals surface area contributed by atoms with Crippen molar-refractivity contribution < 1.29 is 23.9 Å². The topological polar surface area (TPSA) is 97.0 Å². The first kappa shape index (κ1) is 21.6. The second kappa shape index (κ2) is 8.74. The van der Waals surface area contributed by atoms with Gasteiger partial charge in [0.05, 0.1) is 18.0 Å². The smallest absolute Gasteiger partial charge is 0.414 e. The number of rotatable bonds is 5. The molecule has 1 aromatic carbocycles. The molecular weight excluding hydrogens is 406 g/mol. The summed E-state index contributed by atoms with van der Waals surface area (Å²) in [5, 5.41) is 5.45. The van der Waals surface area contributed by atoms with Crippen molar-refractivity contribution in [2.24, 2.45) is 0 Å². The molecule has 1 saturated heterocycles. The third kappa shape index (κ3) is 5.73. The van der Waals surface area contributed by atoms with Gasteiger partial charge >= 0.3 is 12.2 Å². The van der Waals surface area contributed by atoms with Crippen molar-refractivity contribution in [1.29, 1.82) is 0 Å². The molecule has 2 heterocycles. The van der Waals surface area contributed by atoms with Crippen LogP contribution in [0.2, 0.25) is 0 Å². The lowest BCUT2D eigenvalue weighted by atomic mass is 10.2. The first-order valence-electron chi connectivity index (χ1n) is 9.53. The van der Waals surface area contributed by atoms with Gasteiger partial charge in [-0.05, 0) is 64.1 Å². The molecule has 1 atom stereocenters. The number of nitrogens with one attached hydrogen (secondary N) is 2. The summed E-state index contributed by atoms with van der Waals surface area (Å²) in [6, 6.07) is 10.4. The number of carbonyl (C=O) groups excluding carboxylic acids is 3. The fourth-order valence-electron chi connectivity index (χ4n) is 2.84. The summed E-state index contributed by atoms with van der Waals surface area (Å²) < 4.78 is 10.6. The van der Waals surface area contributed by atoms with Crippen LogP contribution in [0, 0.1) is 6.92 Å². The molecule has 0 spiro atoms. The Morgan fingerprint density at radius 3 is 2.50 bits per heavy atom. The molecule has 0 radical (unpaired) electrons. The monoisotopic (exact) mass is 431 g/mol. The largest absolute Gasteiger partial charge is 0.444 e. The zero-order valence-corrected chi connectivity index (χ0v) is 18.2. The molecule has 3 amide bonds. The summed E-state index contributed by atoms with van der Waals surface area (Å²) in [6.45, 7) is 7.85. The zero-order valence-electron chi connectivity index (χ0n) is 17.4. The normalized spacial score (nSPS) is 16.2. The second-order valence-corrected chi connectivity index (χ2v) is 9.20. The van der Waals surface area contributed by atoms with E-state index in [0.29, 0.717) is 22.8 Å². The van der Waals surface area contributed by atoms with Gasteiger partial charge in [-0.15, -0.1) is 11.3 Å². The van der Waals surface area contributed by atoms with Gasteiger partial charge < -0.3 is 14.8 Å². The van der Waals surface area contributed by atoms with E-state index in [4.69, 9.17) is 9.47 Å². The van der Waals surface area contributed by atoms with E-state index in [1.807, 2.05) is 13.0 Å². The maximum atomic E-state index is 12.2. The van der Waals surface area contributed by atoms with E-state index < -0.39 is 23.9 Å². The van der Waals surface area contributed by atoms with Crippen LogP contribution >= 0.6 is 11.3 Å². The van der Waals surface area contributed by atoms with Gasteiger partial charge in [0.25, 0.3) is 5.91 Å². The van der Waals surface area contributed by atoms with Gasteiger partial charge in [0.1, 0.15) is 11.7 Å². The first-order chi connectivity index (χ1) is 14.1. The highest BCUT2D eigenvalue weighted by Gasteiger charge is 2.32. The lowest BCUT2D eigenvalue weighted by Gasteiger charge is -2.20. The third-order valence-corrected chi connectivity index (χ3v) is 5.15. The summed E-state index contributed by atoms with van der Waals surface area (Å²) in [7, 11) is 0. The molecule has 0 aliphatic carbocycles. The fourth-order valence-corrected chi connectivity index (χ4v) is 3.62. The van der Waals surface area contributed by atoms with E-state index in [1.54, 1.807) is 51.1 Å². The lowest BCUT2D eigenvalue weighted by molar-refractivity contribution is 0.0635. The van der Waals surface area contributed by atoms with Crippen molar-refractivity contribution in [2.75, 3.05) is 23.3 Å². The Labute approximate surface area is 179 Å².